The first kappa shape index (κ1) is 30.4. The Morgan fingerprint density at radius 1 is 0.814 bits per heavy atom. The molecule has 0 saturated carbocycles. The van der Waals surface area contributed by atoms with Crippen molar-refractivity contribution in [3.63, 3.8) is 0 Å². The summed E-state index contributed by atoms with van der Waals surface area (Å²) in [5, 5.41) is 0. The van der Waals surface area contributed by atoms with Gasteiger partial charge in [-0.2, -0.15) is 0 Å². The molecule has 0 aromatic heterocycles. The fourth-order valence-corrected chi connectivity index (χ4v) is 5.69. The van der Waals surface area contributed by atoms with Gasteiger partial charge in [-0.15, -0.1) is 0 Å². The van der Waals surface area contributed by atoms with Crippen LogP contribution in [0.25, 0.3) is 0 Å². The van der Waals surface area contributed by atoms with E-state index in [1.807, 2.05) is 73.7 Å². The highest BCUT2D eigenvalue weighted by molar-refractivity contribution is 7.92. The highest BCUT2D eigenvalue weighted by atomic mass is 32.2. The Labute approximate surface area is 254 Å². The lowest BCUT2D eigenvalue weighted by Gasteiger charge is -2.28. The quantitative estimate of drug-likeness (QED) is 0.199. The van der Waals surface area contributed by atoms with Crippen molar-refractivity contribution in [2.45, 2.75) is 20.0 Å². The lowest BCUT2D eigenvalue weighted by atomic mass is 10.1. The van der Waals surface area contributed by atoms with E-state index < -0.39 is 10.0 Å². The van der Waals surface area contributed by atoms with Gasteiger partial charge in [-0.05, 0) is 60.0 Å². The third-order valence-corrected chi connectivity index (χ3v) is 7.87. The molecule has 1 saturated heterocycles. The van der Waals surface area contributed by atoms with Crippen LogP contribution in [0.5, 0.6) is 17.2 Å². The second-order valence-electron chi connectivity index (χ2n) is 10.7. The van der Waals surface area contributed by atoms with Crippen molar-refractivity contribution in [3.8, 4) is 17.2 Å². The van der Waals surface area contributed by atoms with Gasteiger partial charge in [-0.25, -0.2) is 8.42 Å². The van der Waals surface area contributed by atoms with E-state index in [0.29, 0.717) is 31.1 Å². The van der Waals surface area contributed by atoms with Crippen LogP contribution in [0.1, 0.15) is 16.7 Å². The molecule has 0 bridgehead atoms. The summed E-state index contributed by atoms with van der Waals surface area (Å²) in [5.41, 5.74) is 4.67. The zero-order valence-corrected chi connectivity index (χ0v) is 25.6. The van der Waals surface area contributed by atoms with Gasteiger partial charge in [0.1, 0.15) is 23.9 Å². The molecule has 9 heteroatoms. The summed E-state index contributed by atoms with van der Waals surface area (Å²) in [4.78, 5) is 4.60. The van der Waals surface area contributed by atoms with Crippen LogP contribution >= 0.6 is 0 Å². The molecule has 4 aromatic rings. The van der Waals surface area contributed by atoms with Crippen molar-refractivity contribution in [1.82, 2.24) is 4.90 Å². The maximum atomic E-state index is 12.0. The fraction of sp³-hybridized carbons (Fsp3) is 0.294. The van der Waals surface area contributed by atoms with Crippen molar-refractivity contribution in [3.05, 3.63) is 114 Å². The van der Waals surface area contributed by atoms with E-state index >= 15 is 0 Å². The minimum Gasteiger partial charge on any atom is -0.492 e. The maximum Gasteiger partial charge on any atom is 0.229 e. The SMILES string of the molecule is Cc1c(NS(C)(=O)=O)cccc1N(Cc1ccccc1)Cc1ccc(Oc2cccc(OCCN3CCOCC3)c2)cc1. The summed E-state index contributed by atoms with van der Waals surface area (Å²) in [7, 11) is -3.40. The maximum absolute atomic E-state index is 12.0. The summed E-state index contributed by atoms with van der Waals surface area (Å²) in [6.07, 6.45) is 1.17. The number of anilines is 2. The van der Waals surface area contributed by atoms with Gasteiger partial charge in [-0.1, -0.05) is 54.6 Å². The molecule has 226 valence electrons. The first-order valence-corrected chi connectivity index (χ1v) is 16.4. The third kappa shape index (κ3) is 9.22. The molecular formula is C34H39N3O5S. The van der Waals surface area contributed by atoms with E-state index in [9.17, 15) is 8.42 Å². The van der Waals surface area contributed by atoms with E-state index in [-0.39, 0.29) is 0 Å². The number of nitrogens with one attached hydrogen (secondary N) is 1. The zero-order chi connectivity index (χ0) is 30.1. The Bertz CT molecular complexity index is 1570. The summed E-state index contributed by atoms with van der Waals surface area (Å²) in [5.74, 6) is 2.23. The molecule has 0 amide bonds. The van der Waals surface area contributed by atoms with E-state index in [2.05, 4.69) is 38.8 Å². The average Bonchev–Trinajstić information content (AvgIpc) is 3.00. The van der Waals surface area contributed by atoms with Crippen LogP contribution in [0.3, 0.4) is 0 Å². The van der Waals surface area contributed by atoms with Crippen molar-refractivity contribution >= 4 is 21.4 Å². The fourth-order valence-electron chi connectivity index (χ4n) is 5.07. The van der Waals surface area contributed by atoms with E-state index in [1.165, 1.54) is 6.26 Å². The number of morpholine rings is 1. The molecule has 5 rings (SSSR count). The standard InChI is InChI=1S/C34H39N3O5S/c1-27-33(35-43(2,38)39)12-7-13-34(27)37(25-28-8-4-3-5-9-28)26-29-14-16-30(17-15-29)42-32-11-6-10-31(24-32)41-23-20-36-18-21-40-22-19-36/h3-17,24,35H,18-23,25-26H2,1-2H3. The average molecular weight is 602 g/mol. The van der Waals surface area contributed by atoms with E-state index in [0.717, 1.165) is 66.7 Å². The number of benzene rings is 4. The molecule has 0 spiro atoms. The van der Waals surface area contributed by atoms with Gasteiger partial charge in [0.15, 0.2) is 0 Å². The summed E-state index contributed by atoms with van der Waals surface area (Å²) in [6.45, 7) is 8.17. The van der Waals surface area contributed by atoms with Gasteiger partial charge in [-0.3, -0.25) is 9.62 Å². The van der Waals surface area contributed by atoms with Crippen molar-refractivity contribution in [2.24, 2.45) is 0 Å². The Morgan fingerprint density at radius 3 is 2.21 bits per heavy atom. The molecule has 43 heavy (non-hydrogen) atoms. The molecule has 0 aliphatic carbocycles. The normalized spacial score (nSPS) is 13.8. The van der Waals surface area contributed by atoms with E-state index in [4.69, 9.17) is 14.2 Å². The van der Waals surface area contributed by atoms with Gasteiger partial charge in [0.25, 0.3) is 0 Å². The van der Waals surface area contributed by atoms with Gasteiger partial charge in [0, 0.05) is 44.5 Å². The Kier molecular flexibility index (Phi) is 10.2. The minimum atomic E-state index is -3.40. The summed E-state index contributed by atoms with van der Waals surface area (Å²) in [6, 6.07) is 31.7. The largest absolute Gasteiger partial charge is 0.492 e. The van der Waals surface area contributed by atoms with Crippen molar-refractivity contribution < 1.29 is 22.6 Å². The van der Waals surface area contributed by atoms with Crippen LogP contribution < -0.4 is 19.1 Å². The lowest BCUT2D eigenvalue weighted by molar-refractivity contribution is 0.0322. The molecule has 0 atom stereocenters. The van der Waals surface area contributed by atoms with Gasteiger partial charge in [0.2, 0.25) is 10.0 Å². The molecule has 0 unspecified atom stereocenters. The highest BCUT2D eigenvalue weighted by Crippen LogP contribution is 2.31. The van der Waals surface area contributed by atoms with Crippen LogP contribution in [0, 0.1) is 6.92 Å². The molecule has 1 N–H and O–H groups in total. The van der Waals surface area contributed by atoms with Gasteiger partial charge in [0.05, 0.1) is 25.2 Å². The second-order valence-corrected chi connectivity index (χ2v) is 12.4. The zero-order valence-electron chi connectivity index (χ0n) is 24.7. The smallest absolute Gasteiger partial charge is 0.229 e. The molecule has 1 aliphatic rings. The molecule has 1 heterocycles. The first-order valence-electron chi connectivity index (χ1n) is 14.5. The molecular weight excluding hydrogens is 562 g/mol. The summed E-state index contributed by atoms with van der Waals surface area (Å²) < 4.78 is 44.1. The minimum absolute atomic E-state index is 0.578. The van der Waals surface area contributed by atoms with Crippen molar-refractivity contribution in [1.29, 1.82) is 0 Å². The predicted molar refractivity (Wildman–Crippen MR) is 172 cm³/mol. The Morgan fingerprint density at radius 2 is 1.49 bits per heavy atom. The molecule has 1 aliphatic heterocycles. The topological polar surface area (TPSA) is 80.3 Å². The second kappa shape index (κ2) is 14.4. The van der Waals surface area contributed by atoms with Crippen LogP contribution in [0.4, 0.5) is 11.4 Å². The van der Waals surface area contributed by atoms with Crippen LogP contribution in [-0.2, 0) is 27.8 Å². The monoisotopic (exact) mass is 601 g/mol. The van der Waals surface area contributed by atoms with Gasteiger partial charge >= 0.3 is 0 Å². The van der Waals surface area contributed by atoms with Crippen molar-refractivity contribution in [2.75, 3.05) is 55.3 Å². The Hall–Kier alpha value is -4.05. The van der Waals surface area contributed by atoms with Crippen LogP contribution in [0.2, 0.25) is 0 Å². The molecule has 0 radical (unpaired) electrons. The number of hydrogen-bond acceptors (Lipinski definition) is 7. The molecule has 1 fully saturated rings. The first-order chi connectivity index (χ1) is 20.8. The number of nitrogens with zero attached hydrogens (tertiary/aromatic N) is 2. The molecule has 4 aromatic carbocycles. The number of rotatable bonds is 13. The predicted octanol–water partition coefficient (Wildman–Crippen LogP) is 6.08. The summed E-state index contributed by atoms with van der Waals surface area (Å²) >= 11 is 0. The number of ether oxygens (including phenoxy) is 3. The number of sulfonamides is 1. The molecule has 8 nitrogen and oxygen atoms in total. The highest BCUT2D eigenvalue weighted by Gasteiger charge is 2.15. The number of hydrogen-bond donors (Lipinski definition) is 1. The third-order valence-electron chi connectivity index (χ3n) is 7.28. The van der Waals surface area contributed by atoms with Crippen LogP contribution in [-0.4, -0.2) is 59.0 Å². The van der Waals surface area contributed by atoms with E-state index in [1.54, 1.807) is 6.07 Å². The Balaban J connectivity index is 1.26. The lowest BCUT2D eigenvalue weighted by Crippen LogP contribution is -2.38. The van der Waals surface area contributed by atoms with Crippen LogP contribution in [0.15, 0.2) is 97.1 Å². The van der Waals surface area contributed by atoms with Gasteiger partial charge < -0.3 is 19.1 Å².